The molecule has 128 valence electrons. The van der Waals surface area contributed by atoms with Gasteiger partial charge < -0.3 is 24.8 Å². The Bertz CT molecular complexity index is 540. The Morgan fingerprint density at radius 2 is 1.83 bits per heavy atom. The zero-order valence-electron chi connectivity index (χ0n) is 14.1. The highest BCUT2D eigenvalue weighted by Crippen LogP contribution is 2.22. The van der Waals surface area contributed by atoms with Crippen LogP contribution in [0.2, 0.25) is 0 Å². The Labute approximate surface area is 136 Å². The number of ether oxygens (including phenoxy) is 3. The van der Waals surface area contributed by atoms with Crippen LogP contribution in [0.4, 0.5) is 10.5 Å². The van der Waals surface area contributed by atoms with Crippen molar-refractivity contribution >= 4 is 17.7 Å². The molecule has 0 aliphatic rings. The minimum absolute atomic E-state index is 0.00944. The zero-order chi connectivity index (χ0) is 17.5. The fourth-order valence-corrected chi connectivity index (χ4v) is 1.71. The smallest absolute Gasteiger partial charge is 0.330 e. The van der Waals surface area contributed by atoms with E-state index >= 15 is 0 Å². The second kappa shape index (κ2) is 8.38. The van der Waals surface area contributed by atoms with Gasteiger partial charge in [-0.2, -0.15) is 0 Å². The lowest BCUT2D eigenvalue weighted by Crippen LogP contribution is -2.47. The van der Waals surface area contributed by atoms with Crippen molar-refractivity contribution in [3.8, 4) is 5.75 Å². The van der Waals surface area contributed by atoms with Gasteiger partial charge in [-0.15, -0.1) is 0 Å². The molecule has 0 radical (unpaired) electrons. The van der Waals surface area contributed by atoms with Crippen molar-refractivity contribution in [1.82, 2.24) is 5.32 Å². The Morgan fingerprint density at radius 1 is 1.17 bits per heavy atom. The third-order valence-corrected chi connectivity index (χ3v) is 2.83. The highest BCUT2D eigenvalue weighted by atomic mass is 16.5. The van der Waals surface area contributed by atoms with Crippen molar-refractivity contribution in [2.24, 2.45) is 0 Å². The maximum absolute atomic E-state index is 12.1. The molecule has 1 aromatic carbocycles. The van der Waals surface area contributed by atoms with E-state index in [1.807, 2.05) is 20.8 Å². The van der Waals surface area contributed by atoms with Crippen LogP contribution in [0.15, 0.2) is 24.3 Å². The Morgan fingerprint density at radius 3 is 2.39 bits per heavy atom. The quantitative estimate of drug-likeness (QED) is 0.783. The molecule has 2 amide bonds. The van der Waals surface area contributed by atoms with Crippen molar-refractivity contribution < 1.29 is 23.8 Å². The van der Waals surface area contributed by atoms with Crippen LogP contribution in [0.25, 0.3) is 0 Å². The number of rotatable bonds is 6. The number of carbonyl (C=O) groups excluding carboxylic acids is 2. The summed E-state index contributed by atoms with van der Waals surface area (Å²) in [6.07, 6.45) is 0. The number of benzene rings is 1. The fraction of sp³-hybridized carbons (Fsp3) is 0.500. The predicted octanol–water partition coefficient (Wildman–Crippen LogP) is 2.17. The van der Waals surface area contributed by atoms with Gasteiger partial charge in [-0.1, -0.05) is 12.1 Å². The normalized spacial score (nSPS) is 12.2. The number of methoxy groups -OCH3 is 2. The summed E-state index contributed by atoms with van der Waals surface area (Å²) in [5.41, 5.74) is 0.0560. The van der Waals surface area contributed by atoms with Gasteiger partial charge in [0.25, 0.3) is 0 Å². The zero-order valence-corrected chi connectivity index (χ0v) is 14.1. The summed E-state index contributed by atoms with van der Waals surface area (Å²) in [6.45, 7) is 5.58. The third-order valence-electron chi connectivity index (χ3n) is 2.83. The van der Waals surface area contributed by atoms with E-state index in [1.54, 1.807) is 24.3 Å². The standard InChI is InChI=1S/C16H24N2O5/c1-16(2,3)23-10-12(14(19)22-5)18-15(20)17-11-8-6-7-9-13(11)21-4/h6-9,12H,10H2,1-5H3,(H2,17,18,20). The van der Waals surface area contributed by atoms with E-state index in [1.165, 1.54) is 14.2 Å². The van der Waals surface area contributed by atoms with E-state index in [0.29, 0.717) is 11.4 Å². The number of carbonyl (C=O) groups is 2. The average molecular weight is 324 g/mol. The van der Waals surface area contributed by atoms with E-state index in [4.69, 9.17) is 9.47 Å². The molecule has 0 bridgehead atoms. The first-order valence-corrected chi connectivity index (χ1v) is 7.19. The van der Waals surface area contributed by atoms with Crippen molar-refractivity contribution in [1.29, 1.82) is 0 Å². The number of anilines is 1. The molecule has 0 saturated carbocycles. The molecule has 0 aliphatic carbocycles. The van der Waals surface area contributed by atoms with Crippen molar-refractivity contribution in [2.75, 3.05) is 26.1 Å². The molecule has 0 fully saturated rings. The van der Waals surface area contributed by atoms with Gasteiger partial charge in [-0.05, 0) is 32.9 Å². The minimum atomic E-state index is -0.908. The van der Waals surface area contributed by atoms with Crippen LogP contribution in [-0.2, 0) is 14.3 Å². The average Bonchev–Trinajstić information content (AvgIpc) is 2.50. The molecule has 0 aromatic heterocycles. The molecule has 7 nitrogen and oxygen atoms in total. The van der Waals surface area contributed by atoms with E-state index in [2.05, 4.69) is 15.4 Å². The molecule has 0 saturated heterocycles. The molecule has 1 atom stereocenters. The summed E-state index contributed by atoms with van der Waals surface area (Å²) in [5, 5.41) is 5.16. The fourth-order valence-electron chi connectivity index (χ4n) is 1.71. The predicted molar refractivity (Wildman–Crippen MR) is 86.7 cm³/mol. The summed E-state index contributed by atoms with van der Waals surface area (Å²) in [5.74, 6) is -0.0624. The van der Waals surface area contributed by atoms with Gasteiger partial charge >= 0.3 is 12.0 Å². The summed E-state index contributed by atoms with van der Waals surface area (Å²) in [7, 11) is 2.76. The second-order valence-electron chi connectivity index (χ2n) is 5.80. The van der Waals surface area contributed by atoms with Gasteiger partial charge in [-0.3, -0.25) is 0 Å². The molecule has 1 aromatic rings. The van der Waals surface area contributed by atoms with Crippen LogP contribution < -0.4 is 15.4 Å². The summed E-state index contributed by atoms with van der Waals surface area (Å²) in [6, 6.07) is 5.50. The monoisotopic (exact) mass is 324 g/mol. The maximum atomic E-state index is 12.1. The van der Waals surface area contributed by atoms with Gasteiger partial charge in [0.1, 0.15) is 5.75 Å². The first-order valence-electron chi connectivity index (χ1n) is 7.19. The summed E-state index contributed by atoms with van der Waals surface area (Å²) in [4.78, 5) is 23.9. The van der Waals surface area contributed by atoms with Gasteiger partial charge in [0, 0.05) is 0 Å². The summed E-state index contributed by atoms with van der Waals surface area (Å²) < 4.78 is 15.4. The molecule has 0 aliphatic heterocycles. The number of nitrogens with one attached hydrogen (secondary N) is 2. The van der Waals surface area contributed by atoms with Gasteiger partial charge in [0.2, 0.25) is 0 Å². The first-order chi connectivity index (χ1) is 10.8. The van der Waals surface area contributed by atoms with Crippen LogP contribution in [0.5, 0.6) is 5.75 Å². The van der Waals surface area contributed by atoms with Crippen LogP contribution in [0.1, 0.15) is 20.8 Å². The first kappa shape index (κ1) is 18.8. The lowest BCUT2D eigenvalue weighted by atomic mass is 10.2. The lowest BCUT2D eigenvalue weighted by Gasteiger charge is -2.24. The van der Waals surface area contributed by atoms with Crippen LogP contribution in [-0.4, -0.2) is 44.5 Å². The molecule has 0 heterocycles. The van der Waals surface area contributed by atoms with Crippen molar-refractivity contribution in [3.05, 3.63) is 24.3 Å². The summed E-state index contributed by atoms with van der Waals surface area (Å²) >= 11 is 0. The number of hydrogen-bond acceptors (Lipinski definition) is 5. The van der Waals surface area contributed by atoms with Crippen LogP contribution in [0.3, 0.4) is 0 Å². The van der Waals surface area contributed by atoms with E-state index in [-0.39, 0.29) is 6.61 Å². The lowest BCUT2D eigenvalue weighted by molar-refractivity contribution is -0.145. The Balaban J connectivity index is 2.71. The highest BCUT2D eigenvalue weighted by Gasteiger charge is 2.24. The number of esters is 1. The molecule has 0 spiro atoms. The van der Waals surface area contributed by atoms with Crippen molar-refractivity contribution in [3.63, 3.8) is 0 Å². The number of amides is 2. The highest BCUT2D eigenvalue weighted by molar-refractivity contribution is 5.93. The van der Waals surface area contributed by atoms with E-state index in [0.717, 1.165) is 0 Å². The van der Waals surface area contributed by atoms with Gasteiger partial charge in [0.05, 0.1) is 32.1 Å². The largest absolute Gasteiger partial charge is 0.495 e. The molecule has 23 heavy (non-hydrogen) atoms. The number of hydrogen-bond donors (Lipinski definition) is 2. The molecule has 1 rings (SSSR count). The third kappa shape index (κ3) is 6.56. The Hall–Kier alpha value is -2.28. The second-order valence-corrected chi connectivity index (χ2v) is 5.80. The maximum Gasteiger partial charge on any atom is 0.330 e. The molecule has 2 N–H and O–H groups in total. The van der Waals surface area contributed by atoms with Crippen molar-refractivity contribution in [2.45, 2.75) is 32.4 Å². The number of urea groups is 1. The van der Waals surface area contributed by atoms with Gasteiger partial charge in [-0.25, -0.2) is 9.59 Å². The Kier molecular flexibility index (Phi) is 6.84. The van der Waals surface area contributed by atoms with E-state index in [9.17, 15) is 9.59 Å². The number of para-hydroxylation sites is 2. The van der Waals surface area contributed by atoms with Crippen LogP contribution >= 0.6 is 0 Å². The topological polar surface area (TPSA) is 85.9 Å². The van der Waals surface area contributed by atoms with Crippen LogP contribution in [0, 0.1) is 0 Å². The molecular formula is C16H24N2O5. The SMILES string of the molecule is COC(=O)C(COC(C)(C)C)NC(=O)Nc1ccccc1OC. The van der Waals surface area contributed by atoms with E-state index < -0.39 is 23.6 Å². The minimum Gasteiger partial charge on any atom is -0.495 e. The van der Waals surface area contributed by atoms with Gasteiger partial charge in [0.15, 0.2) is 6.04 Å². The molecule has 1 unspecified atom stereocenters. The molecular weight excluding hydrogens is 300 g/mol. The molecule has 7 heteroatoms.